The summed E-state index contributed by atoms with van der Waals surface area (Å²) in [5.74, 6) is 0. The summed E-state index contributed by atoms with van der Waals surface area (Å²) in [6, 6.07) is 168. The minimum absolute atomic E-state index is 1.12. The fourth-order valence-corrected chi connectivity index (χ4v) is 27.7. The Kier molecular flexibility index (Phi) is 20.4. The van der Waals surface area contributed by atoms with E-state index >= 15 is 0 Å². The van der Waals surface area contributed by atoms with Crippen molar-refractivity contribution < 1.29 is 0 Å². The second kappa shape index (κ2) is 34.2. The van der Waals surface area contributed by atoms with Gasteiger partial charge in [0.1, 0.15) is 0 Å². The molecule has 0 amide bonds. The van der Waals surface area contributed by atoms with Crippen LogP contribution in [0.1, 0.15) is 33.4 Å². The van der Waals surface area contributed by atoms with E-state index in [0.717, 1.165) is 68.2 Å². The lowest BCUT2D eigenvalue weighted by atomic mass is 9.91. The maximum absolute atomic E-state index is 2.47. The number of rotatable bonds is 16. The van der Waals surface area contributed by atoms with Gasteiger partial charge < -0.3 is 19.6 Å². The van der Waals surface area contributed by atoms with Crippen LogP contribution < -0.4 is 19.6 Å². The molecule has 0 saturated carbocycles. The number of anilines is 12. The van der Waals surface area contributed by atoms with Gasteiger partial charge in [0.15, 0.2) is 0 Å². The van der Waals surface area contributed by atoms with Crippen molar-refractivity contribution in [2.75, 3.05) is 19.6 Å². The highest BCUT2D eigenvalue weighted by Crippen LogP contribution is 2.55. The minimum atomic E-state index is 1.12. The van der Waals surface area contributed by atoms with Crippen LogP contribution in [-0.4, -0.2) is 0 Å². The number of nitrogens with zero attached hydrogens (tertiary/aromatic N) is 4. The summed E-state index contributed by atoms with van der Waals surface area (Å²) in [6.45, 7) is 13.2. The molecule has 0 aliphatic heterocycles. The third kappa shape index (κ3) is 14.3. The zero-order valence-corrected chi connectivity index (χ0v) is 82.4. The summed E-state index contributed by atoms with van der Waals surface area (Å²) < 4.78 is 10.6. The van der Waals surface area contributed by atoms with Gasteiger partial charge in [0, 0.05) is 148 Å². The molecule has 0 aliphatic rings. The smallest absolute Gasteiger partial charge is 0.0540 e. The second-order valence-electron chi connectivity index (χ2n) is 38.2. The molecule has 0 aliphatic carbocycles. The molecular weight excluding hydrogens is 1790 g/mol. The molecule has 142 heavy (non-hydrogen) atoms. The van der Waals surface area contributed by atoms with Crippen LogP contribution in [-0.2, 0) is 0 Å². The predicted octanol–water partition coefficient (Wildman–Crippen LogP) is 41.0. The lowest BCUT2D eigenvalue weighted by molar-refractivity contribution is 1.26. The average molecular weight is 1890 g/mol. The minimum Gasteiger partial charge on any atom is -0.310 e. The summed E-state index contributed by atoms with van der Waals surface area (Å²) in [5, 5.41) is 25.5. The summed E-state index contributed by atoms with van der Waals surface area (Å²) in [6.07, 6.45) is 0. The van der Waals surface area contributed by atoms with Gasteiger partial charge >= 0.3 is 0 Å². The van der Waals surface area contributed by atoms with Gasteiger partial charge in [-0.15, -0.1) is 45.3 Å². The maximum atomic E-state index is 2.47. The first kappa shape index (κ1) is 84.7. The quantitative estimate of drug-likeness (QED) is 0.0894. The van der Waals surface area contributed by atoms with Crippen molar-refractivity contribution in [3.63, 3.8) is 0 Å². The first-order chi connectivity index (χ1) is 69.8. The van der Waals surface area contributed by atoms with Crippen molar-refractivity contribution in [1.82, 2.24) is 0 Å². The van der Waals surface area contributed by atoms with Crippen molar-refractivity contribution in [1.29, 1.82) is 0 Å². The van der Waals surface area contributed by atoms with Crippen LogP contribution in [0.4, 0.5) is 68.2 Å². The van der Waals surface area contributed by atoms with Gasteiger partial charge in [-0.3, -0.25) is 0 Å². The lowest BCUT2D eigenvalue weighted by Gasteiger charge is -2.30. The Hall–Kier alpha value is -16.6. The van der Waals surface area contributed by atoms with Crippen LogP contribution >= 0.6 is 45.3 Å². The van der Waals surface area contributed by atoms with E-state index < -0.39 is 0 Å². The molecule has 0 N–H and O–H groups in total. The van der Waals surface area contributed by atoms with Gasteiger partial charge in [0.2, 0.25) is 0 Å². The molecule has 4 aromatic heterocycles. The molecule has 4 heterocycles. The van der Waals surface area contributed by atoms with E-state index in [0.29, 0.717) is 0 Å². The molecule has 8 heteroatoms. The Morgan fingerprint density at radius 2 is 0.366 bits per heavy atom. The molecule has 0 saturated heterocycles. The van der Waals surface area contributed by atoms with Crippen LogP contribution in [0.15, 0.2) is 449 Å². The Bertz CT molecular complexity index is 9300. The van der Waals surface area contributed by atoms with Crippen molar-refractivity contribution in [2.24, 2.45) is 0 Å². The number of benzene rings is 24. The zero-order chi connectivity index (χ0) is 94.6. The number of hydrogen-bond donors (Lipinski definition) is 0. The first-order valence-corrected chi connectivity index (χ1v) is 52.0. The third-order valence-electron chi connectivity index (χ3n) is 29.0. The van der Waals surface area contributed by atoms with E-state index in [1.165, 1.54) is 223 Å². The predicted molar refractivity (Wildman–Crippen MR) is 621 cm³/mol. The summed E-state index contributed by atoms with van der Waals surface area (Å²) in [5.41, 5.74) is 31.0. The maximum Gasteiger partial charge on any atom is 0.0540 e. The lowest BCUT2D eigenvalue weighted by Crippen LogP contribution is -2.12. The summed E-state index contributed by atoms with van der Waals surface area (Å²) >= 11 is 7.53. The van der Waals surface area contributed by atoms with Crippen molar-refractivity contribution in [3.8, 4) is 44.5 Å². The third-order valence-corrected chi connectivity index (χ3v) is 33.9. The van der Waals surface area contributed by atoms with Gasteiger partial charge in [0.25, 0.3) is 0 Å². The molecule has 0 bridgehead atoms. The van der Waals surface area contributed by atoms with Crippen LogP contribution in [0.3, 0.4) is 0 Å². The molecule has 28 rings (SSSR count). The first-order valence-electron chi connectivity index (χ1n) is 48.8. The van der Waals surface area contributed by atoms with Gasteiger partial charge in [-0.25, -0.2) is 0 Å². The SMILES string of the molecule is Cc1cc(C)cc(N(c2ccc(-c3cccc4c3sc3ccccc34)cc2)c2ccc3ccc4c(N(c5ccc(-c6cccc7c6sc6ccccc67)cc5)c5cc(C)cc(C)c5)ccc5ccc2c3c54)c1.Cc1cccc(N(c2ccc(-c3cccc4c3sc3ccccc34)cc2)c2ccc3ccc4c(N(c5ccc(-c6cccc7c6sc6ccccc67)cc5)c5cccc(C)c5)ccc5ccc2c3c54)c1. The standard InChI is InChI=1S/C68H48N2S2.C66H44N2S2/c1-41-35-42(2)38-51(37-41)69(49-27-19-45(20-28-49)53-13-9-15-57-55-11-5-7-17-63(55)71-67(53)57)61-33-25-47-24-32-60-62(34-26-48-23-31-59(61)65(47)66(48)60)70(52-39-43(3)36-44(4)40-52)50-29-21-46(22-30-50)54-14-10-16-58-56-12-6-8-18-64(56)72-68(54)58;1-41-11-7-13-49(39-41)67(47-31-23-43(24-32-47)51-17-9-19-55-53-15-3-5-21-61(53)69-65(51)55)59-37-29-45-28-36-58-60(38-30-46-27-35-57(59)63(45)64(46)58)68(50-14-8-12-42(2)40-50)48-33-25-44(26-34-48)52-18-10-20-56-54-16-4-6-22-62(54)70-66(52)56/h5-40H,1-4H3;3-40H,1-2H3. The van der Waals surface area contributed by atoms with E-state index in [-0.39, 0.29) is 0 Å². The van der Waals surface area contributed by atoms with Gasteiger partial charge in [-0.2, -0.15) is 0 Å². The summed E-state index contributed by atoms with van der Waals surface area (Å²) in [7, 11) is 0. The second-order valence-corrected chi connectivity index (χ2v) is 42.4. The molecule has 4 nitrogen and oxygen atoms in total. The molecule has 24 aromatic carbocycles. The van der Waals surface area contributed by atoms with Crippen LogP contribution in [0, 0.1) is 41.5 Å². The van der Waals surface area contributed by atoms with Crippen LogP contribution in [0.2, 0.25) is 0 Å². The molecule has 0 fully saturated rings. The van der Waals surface area contributed by atoms with Crippen molar-refractivity contribution in [3.05, 3.63) is 482 Å². The van der Waals surface area contributed by atoms with Gasteiger partial charge in [-0.1, -0.05) is 303 Å². The highest BCUT2D eigenvalue weighted by molar-refractivity contribution is 7.27. The van der Waals surface area contributed by atoms with Crippen molar-refractivity contribution in [2.45, 2.75) is 41.5 Å². The number of fused-ring (bicyclic) bond motifs is 12. The van der Waals surface area contributed by atoms with Gasteiger partial charge in [-0.05, 0) is 308 Å². The Labute approximate surface area is 839 Å². The normalized spacial score (nSPS) is 11.9. The van der Waals surface area contributed by atoms with E-state index in [9.17, 15) is 0 Å². The number of thiophene rings is 4. The molecule has 0 radical (unpaired) electrons. The van der Waals surface area contributed by atoms with E-state index in [1.807, 2.05) is 45.3 Å². The van der Waals surface area contributed by atoms with Gasteiger partial charge in [0.05, 0.1) is 22.7 Å². The Morgan fingerprint density at radius 1 is 0.148 bits per heavy atom. The molecule has 0 unspecified atom stereocenters. The monoisotopic (exact) mass is 1880 g/mol. The fourth-order valence-electron chi connectivity index (χ4n) is 22.8. The molecule has 0 atom stereocenters. The molecule has 28 aromatic rings. The fraction of sp³-hybridized carbons (Fsp3) is 0.0448. The molecule has 0 spiro atoms. The topological polar surface area (TPSA) is 13.0 Å². The van der Waals surface area contributed by atoms with E-state index in [4.69, 9.17) is 0 Å². The number of aryl methyl sites for hydroxylation is 6. The average Bonchev–Trinajstić information content (AvgIpc) is 0.982. The highest BCUT2D eigenvalue weighted by Gasteiger charge is 2.28. The largest absolute Gasteiger partial charge is 0.310 e. The Morgan fingerprint density at radius 3 is 0.620 bits per heavy atom. The van der Waals surface area contributed by atoms with E-state index in [1.54, 1.807) is 0 Å². The van der Waals surface area contributed by atoms with Crippen LogP contribution in [0.5, 0.6) is 0 Å². The van der Waals surface area contributed by atoms with E-state index in [2.05, 4.69) is 510 Å². The molecular formula is C134H92N4S4. The summed E-state index contributed by atoms with van der Waals surface area (Å²) in [4.78, 5) is 9.84. The Balaban J connectivity index is 0.000000142. The number of hydrogen-bond acceptors (Lipinski definition) is 8. The zero-order valence-electron chi connectivity index (χ0n) is 79.1. The highest BCUT2D eigenvalue weighted by atomic mass is 32.1. The van der Waals surface area contributed by atoms with Crippen LogP contribution in [0.25, 0.3) is 190 Å². The van der Waals surface area contributed by atoms with Crippen molar-refractivity contribution >= 4 is 259 Å². The molecule has 672 valence electrons.